The number of benzene rings is 2. The van der Waals surface area contributed by atoms with Crippen molar-refractivity contribution in [3.05, 3.63) is 58.6 Å². The molecule has 2 rings (SSSR count). The highest BCUT2D eigenvalue weighted by Gasteiger charge is 2.11. The van der Waals surface area contributed by atoms with Crippen LogP contribution in [0.2, 0.25) is 5.02 Å². The average molecular weight is 307 g/mol. The summed E-state index contributed by atoms with van der Waals surface area (Å²) < 4.78 is 11.1. The predicted octanol–water partition coefficient (Wildman–Crippen LogP) is 4.02. The molecule has 0 aliphatic heterocycles. The number of carbonyl (C=O) groups is 1. The van der Waals surface area contributed by atoms with E-state index in [1.807, 2.05) is 19.1 Å². The number of hydrogen-bond acceptors (Lipinski definition) is 3. The van der Waals surface area contributed by atoms with Gasteiger partial charge in [-0.25, -0.2) is 4.79 Å². The number of rotatable bonds is 6. The van der Waals surface area contributed by atoms with E-state index in [-0.39, 0.29) is 12.2 Å². The molecule has 21 heavy (non-hydrogen) atoms. The Morgan fingerprint density at radius 2 is 1.90 bits per heavy atom. The van der Waals surface area contributed by atoms with Gasteiger partial charge in [0, 0.05) is 5.56 Å². The molecule has 0 spiro atoms. The minimum Gasteiger partial charge on any atom is -0.493 e. The summed E-state index contributed by atoms with van der Waals surface area (Å²) in [4.78, 5) is 11.0. The van der Waals surface area contributed by atoms with Crippen LogP contribution in [0.5, 0.6) is 11.5 Å². The lowest BCUT2D eigenvalue weighted by Gasteiger charge is -2.13. The summed E-state index contributed by atoms with van der Waals surface area (Å²) in [6.07, 6.45) is 0. The highest BCUT2D eigenvalue weighted by atomic mass is 35.5. The molecule has 0 saturated heterocycles. The quantitative estimate of drug-likeness (QED) is 0.876. The van der Waals surface area contributed by atoms with Crippen LogP contribution in [0, 0.1) is 0 Å². The Morgan fingerprint density at radius 3 is 2.57 bits per heavy atom. The summed E-state index contributed by atoms with van der Waals surface area (Å²) in [5.41, 5.74) is 0.855. The highest BCUT2D eigenvalue weighted by molar-refractivity contribution is 6.32. The second-order valence-electron chi connectivity index (χ2n) is 4.28. The molecule has 0 amide bonds. The summed E-state index contributed by atoms with van der Waals surface area (Å²) in [5.74, 6) is 0.161. The molecule has 0 atom stereocenters. The van der Waals surface area contributed by atoms with Crippen LogP contribution in [0.4, 0.5) is 0 Å². The first kappa shape index (κ1) is 15.2. The molecule has 0 radical (unpaired) electrons. The van der Waals surface area contributed by atoms with Crippen molar-refractivity contribution in [2.45, 2.75) is 13.5 Å². The first-order valence-corrected chi connectivity index (χ1v) is 6.86. The minimum atomic E-state index is -0.989. The van der Waals surface area contributed by atoms with Gasteiger partial charge in [-0.05, 0) is 37.3 Å². The summed E-state index contributed by atoms with van der Waals surface area (Å²) >= 11 is 6.02. The van der Waals surface area contributed by atoms with E-state index in [1.54, 1.807) is 24.3 Å². The molecule has 0 heterocycles. The van der Waals surface area contributed by atoms with E-state index in [2.05, 4.69) is 0 Å². The monoisotopic (exact) mass is 306 g/mol. The van der Waals surface area contributed by atoms with Crippen LogP contribution in [0.15, 0.2) is 42.5 Å². The normalized spacial score (nSPS) is 10.2. The van der Waals surface area contributed by atoms with Crippen molar-refractivity contribution >= 4 is 17.6 Å². The lowest BCUT2D eigenvalue weighted by atomic mass is 10.1. The Hall–Kier alpha value is -2.20. The third-order valence-electron chi connectivity index (χ3n) is 2.83. The van der Waals surface area contributed by atoms with Crippen LogP contribution in [0.3, 0.4) is 0 Å². The Kier molecular flexibility index (Phi) is 5.06. The van der Waals surface area contributed by atoms with Gasteiger partial charge in [0.2, 0.25) is 0 Å². The fraction of sp³-hybridized carbons (Fsp3) is 0.188. The third kappa shape index (κ3) is 3.89. The predicted molar refractivity (Wildman–Crippen MR) is 80.4 cm³/mol. The van der Waals surface area contributed by atoms with E-state index in [9.17, 15) is 4.79 Å². The van der Waals surface area contributed by atoms with Gasteiger partial charge in [-0.15, -0.1) is 0 Å². The number of carboxylic acid groups (broad SMARTS) is 1. The molecule has 5 heteroatoms. The molecule has 0 saturated carbocycles. The van der Waals surface area contributed by atoms with Crippen LogP contribution in [-0.4, -0.2) is 17.7 Å². The van der Waals surface area contributed by atoms with Crippen LogP contribution in [0.25, 0.3) is 0 Å². The third-order valence-corrected chi connectivity index (χ3v) is 3.14. The molecular weight excluding hydrogens is 292 g/mol. The largest absolute Gasteiger partial charge is 0.493 e. The van der Waals surface area contributed by atoms with Crippen molar-refractivity contribution in [3.8, 4) is 11.5 Å². The number of halogens is 1. The smallest absolute Gasteiger partial charge is 0.335 e. The maximum absolute atomic E-state index is 11.0. The van der Waals surface area contributed by atoms with E-state index >= 15 is 0 Å². The Balaban J connectivity index is 2.22. The van der Waals surface area contributed by atoms with Gasteiger partial charge >= 0.3 is 5.97 Å². The van der Waals surface area contributed by atoms with Gasteiger partial charge in [0.25, 0.3) is 0 Å². The second kappa shape index (κ2) is 6.99. The topological polar surface area (TPSA) is 55.8 Å². The van der Waals surface area contributed by atoms with Crippen LogP contribution >= 0.6 is 11.6 Å². The number of ether oxygens (including phenoxy) is 2. The first-order valence-electron chi connectivity index (χ1n) is 6.48. The molecule has 1 N–H and O–H groups in total. The molecular formula is C16H15ClO4. The minimum absolute atomic E-state index is 0.181. The van der Waals surface area contributed by atoms with Gasteiger partial charge in [-0.3, -0.25) is 0 Å². The summed E-state index contributed by atoms with van der Waals surface area (Å²) in [7, 11) is 0. The van der Waals surface area contributed by atoms with Gasteiger partial charge in [-0.1, -0.05) is 23.7 Å². The summed E-state index contributed by atoms with van der Waals surface area (Å²) in [6, 6.07) is 11.8. The van der Waals surface area contributed by atoms with E-state index in [4.69, 9.17) is 26.2 Å². The zero-order valence-corrected chi connectivity index (χ0v) is 12.3. The molecule has 4 nitrogen and oxygen atoms in total. The SMILES string of the molecule is CCOc1ccc(C(=O)O)cc1COc1ccccc1Cl. The van der Waals surface area contributed by atoms with Crippen LogP contribution in [-0.2, 0) is 6.61 Å². The molecule has 0 aromatic heterocycles. The van der Waals surface area contributed by atoms with Gasteiger partial charge < -0.3 is 14.6 Å². The van der Waals surface area contributed by atoms with E-state index < -0.39 is 5.97 Å². The Morgan fingerprint density at radius 1 is 1.14 bits per heavy atom. The molecule has 0 unspecified atom stereocenters. The van der Waals surface area contributed by atoms with Crippen molar-refractivity contribution in [1.29, 1.82) is 0 Å². The molecule has 0 aliphatic carbocycles. The number of hydrogen-bond donors (Lipinski definition) is 1. The van der Waals surface area contributed by atoms with E-state index in [0.717, 1.165) is 0 Å². The van der Waals surface area contributed by atoms with Crippen LogP contribution < -0.4 is 9.47 Å². The zero-order chi connectivity index (χ0) is 15.2. The van der Waals surface area contributed by atoms with E-state index in [1.165, 1.54) is 6.07 Å². The van der Waals surface area contributed by atoms with Gasteiger partial charge in [0.05, 0.1) is 17.2 Å². The lowest BCUT2D eigenvalue weighted by Crippen LogP contribution is -2.04. The van der Waals surface area contributed by atoms with Crippen LogP contribution in [0.1, 0.15) is 22.8 Å². The van der Waals surface area contributed by atoms with Gasteiger partial charge in [0.1, 0.15) is 18.1 Å². The highest BCUT2D eigenvalue weighted by Crippen LogP contribution is 2.27. The van der Waals surface area contributed by atoms with Crippen molar-refractivity contribution in [2.24, 2.45) is 0 Å². The molecule has 2 aromatic rings. The molecule has 0 fully saturated rings. The first-order chi connectivity index (χ1) is 10.1. The Labute approximate surface area is 127 Å². The zero-order valence-electron chi connectivity index (χ0n) is 11.5. The molecule has 110 valence electrons. The number of carboxylic acids is 1. The second-order valence-corrected chi connectivity index (χ2v) is 4.69. The van der Waals surface area contributed by atoms with Gasteiger partial charge in [0.15, 0.2) is 0 Å². The molecule has 0 aliphatic rings. The summed E-state index contributed by atoms with van der Waals surface area (Å²) in [6.45, 7) is 2.54. The fourth-order valence-electron chi connectivity index (χ4n) is 1.84. The average Bonchev–Trinajstić information content (AvgIpc) is 2.47. The fourth-order valence-corrected chi connectivity index (χ4v) is 2.03. The van der Waals surface area contributed by atoms with E-state index in [0.29, 0.717) is 28.7 Å². The Bertz CT molecular complexity index is 640. The number of para-hydroxylation sites is 1. The standard InChI is InChI=1S/C16H15ClO4/c1-2-20-14-8-7-11(16(18)19)9-12(14)10-21-15-6-4-3-5-13(15)17/h3-9H,2,10H2,1H3,(H,18,19). The lowest BCUT2D eigenvalue weighted by molar-refractivity contribution is 0.0696. The van der Waals surface area contributed by atoms with Gasteiger partial charge in [-0.2, -0.15) is 0 Å². The molecule has 0 bridgehead atoms. The van der Waals surface area contributed by atoms with Crippen molar-refractivity contribution < 1.29 is 19.4 Å². The van der Waals surface area contributed by atoms with Crippen molar-refractivity contribution in [1.82, 2.24) is 0 Å². The maximum atomic E-state index is 11.0. The van der Waals surface area contributed by atoms with Crippen molar-refractivity contribution in [2.75, 3.05) is 6.61 Å². The summed E-state index contributed by atoms with van der Waals surface area (Å²) in [5, 5.41) is 9.56. The van der Waals surface area contributed by atoms with Crippen molar-refractivity contribution in [3.63, 3.8) is 0 Å². The number of aromatic carboxylic acids is 1. The molecule has 2 aromatic carbocycles. The maximum Gasteiger partial charge on any atom is 0.335 e.